The van der Waals surface area contributed by atoms with E-state index < -0.39 is 0 Å². The van der Waals surface area contributed by atoms with Gasteiger partial charge in [-0.3, -0.25) is 9.36 Å². The van der Waals surface area contributed by atoms with Crippen LogP contribution in [-0.4, -0.2) is 19.3 Å². The van der Waals surface area contributed by atoms with E-state index in [0.29, 0.717) is 17.1 Å². The fourth-order valence-corrected chi connectivity index (χ4v) is 2.94. The highest BCUT2D eigenvalue weighted by Gasteiger charge is 2.12. The van der Waals surface area contributed by atoms with Crippen LogP contribution < -0.4 is 5.56 Å². The summed E-state index contributed by atoms with van der Waals surface area (Å²) in [4.78, 5) is 17.0. The van der Waals surface area contributed by atoms with Crippen molar-refractivity contribution in [3.05, 3.63) is 88.2 Å². The van der Waals surface area contributed by atoms with Crippen LogP contribution in [0.25, 0.3) is 16.6 Å². The predicted molar refractivity (Wildman–Crippen MR) is 93.7 cm³/mol. The SMILES string of the molecule is O=c1c(Cn2cncn2)cc2ccc(Cl)cc2n1-c1ccccc1. The summed E-state index contributed by atoms with van der Waals surface area (Å²) in [7, 11) is 0. The number of hydrogen-bond donors (Lipinski definition) is 0. The molecule has 0 atom stereocenters. The van der Waals surface area contributed by atoms with Gasteiger partial charge in [-0.2, -0.15) is 5.10 Å². The summed E-state index contributed by atoms with van der Waals surface area (Å²) >= 11 is 6.15. The summed E-state index contributed by atoms with van der Waals surface area (Å²) in [5, 5.41) is 5.62. The third-order valence-corrected chi connectivity index (χ3v) is 4.09. The summed E-state index contributed by atoms with van der Waals surface area (Å²) < 4.78 is 3.32. The van der Waals surface area contributed by atoms with Gasteiger partial charge in [-0.1, -0.05) is 35.9 Å². The topological polar surface area (TPSA) is 52.7 Å². The summed E-state index contributed by atoms with van der Waals surface area (Å²) in [6, 6.07) is 17.0. The summed E-state index contributed by atoms with van der Waals surface area (Å²) in [5.74, 6) is 0. The molecule has 4 aromatic rings. The molecule has 0 spiro atoms. The first-order valence-corrected chi connectivity index (χ1v) is 7.82. The van der Waals surface area contributed by atoms with E-state index in [-0.39, 0.29) is 5.56 Å². The Kier molecular flexibility index (Phi) is 3.63. The lowest BCUT2D eigenvalue weighted by molar-refractivity contribution is 0.677. The average molecular weight is 337 g/mol. The molecular weight excluding hydrogens is 324 g/mol. The van der Waals surface area contributed by atoms with E-state index in [4.69, 9.17) is 11.6 Å². The van der Waals surface area contributed by atoms with Crippen molar-refractivity contribution in [1.29, 1.82) is 0 Å². The minimum atomic E-state index is -0.0912. The minimum absolute atomic E-state index is 0.0912. The van der Waals surface area contributed by atoms with Gasteiger partial charge < -0.3 is 0 Å². The molecule has 0 bridgehead atoms. The molecule has 2 aromatic heterocycles. The van der Waals surface area contributed by atoms with Crippen LogP contribution in [0.5, 0.6) is 0 Å². The molecule has 118 valence electrons. The van der Waals surface area contributed by atoms with Gasteiger partial charge in [-0.15, -0.1) is 0 Å². The van der Waals surface area contributed by atoms with Crippen molar-refractivity contribution in [2.75, 3.05) is 0 Å². The molecule has 0 aliphatic heterocycles. The van der Waals surface area contributed by atoms with Gasteiger partial charge >= 0.3 is 0 Å². The van der Waals surface area contributed by atoms with Gasteiger partial charge in [-0.05, 0) is 35.7 Å². The first-order valence-electron chi connectivity index (χ1n) is 7.44. The maximum atomic E-state index is 13.1. The van der Waals surface area contributed by atoms with Crippen molar-refractivity contribution in [2.45, 2.75) is 6.54 Å². The zero-order valence-electron chi connectivity index (χ0n) is 12.6. The second-order valence-electron chi connectivity index (χ2n) is 5.44. The van der Waals surface area contributed by atoms with Crippen LogP contribution in [0.3, 0.4) is 0 Å². The molecule has 0 saturated carbocycles. The van der Waals surface area contributed by atoms with Gasteiger partial charge in [0.05, 0.1) is 12.1 Å². The Morgan fingerprint density at radius 2 is 1.88 bits per heavy atom. The van der Waals surface area contributed by atoms with Crippen molar-refractivity contribution in [2.24, 2.45) is 0 Å². The molecule has 0 fully saturated rings. The van der Waals surface area contributed by atoms with Crippen molar-refractivity contribution >= 4 is 22.5 Å². The van der Waals surface area contributed by atoms with E-state index in [1.807, 2.05) is 54.6 Å². The quantitative estimate of drug-likeness (QED) is 0.577. The number of rotatable bonds is 3. The molecule has 6 heteroatoms. The lowest BCUT2D eigenvalue weighted by atomic mass is 10.1. The highest BCUT2D eigenvalue weighted by Crippen LogP contribution is 2.22. The smallest absolute Gasteiger partial charge is 0.260 e. The lowest BCUT2D eigenvalue weighted by Gasteiger charge is -2.13. The minimum Gasteiger partial charge on any atom is -0.277 e. The second kappa shape index (κ2) is 5.94. The number of nitrogens with zero attached hydrogens (tertiary/aromatic N) is 4. The molecule has 2 aromatic carbocycles. The van der Waals surface area contributed by atoms with Gasteiger partial charge in [0.15, 0.2) is 0 Å². The largest absolute Gasteiger partial charge is 0.277 e. The molecule has 0 unspecified atom stereocenters. The standard InChI is InChI=1S/C18H13ClN4O/c19-15-7-6-13-8-14(10-22-12-20-11-21-22)18(24)23(17(13)9-15)16-4-2-1-3-5-16/h1-9,11-12H,10H2. The molecular formula is C18H13ClN4O. The van der Waals surface area contributed by atoms with Crippen LogP contribution in [-0.2, 0) is 6.54 Å². The first-order chi connectivity index (χ1) is 11.7. The zero-order valence-corrected chi connectivity index (χ0v) is 13.4. The van der Waals surface area contributed by atoms with Crippen molar-refractivity contribution in [3.63, 3.8) is 0 Å². The maximum absolute atomic E-state index is 13.1. The number of benzene rings is 2. The normalized spacial score (nSPS) is 11.0. The lowest BCUT2D eigenvalue weighted by Crippen LogP contribution is -2.24. The molecule has 0 N–H and O–H groups in total. The van der Waals surface area contributed by atoms with Crippen LogP contribution in [0.2, 0.25) is 5.02 Å². The molecule has 0 radical (unpaired) electrons. The van der Waals surface area contributed by atoms with Crippen molar-refractivity contribution in [1.82, 2.24) is 19.3 Å². The molecule has 0 amide bonds. The average Bonchev–Trinajstić information content (AvgIpc) is 3.10. The molecule has 24 heavy (non-hydrogen) atoms. The third-order valence-electron chi connectivity index (χ3n) is 3.85. The van der Waals surface area contributed by atoms with E-state index in [2.05, 4.69) is 10.1 Å². The fourth-order valence-electron chi connectivity index (χ4n) is 2.77. The van der Waals surface area contributed by atoms with Gasteiger partial charge in [-0.25, -0.2) is 9.67 Å². The highest BCUT2D eigenvalue weighted by molar-refractivity contribution is 6.31. The monoisotopic (exact) mass is 336 g/mol. The zero-order chi connectivity index (χ0) is 16.5. The number of para-hydroxylation sites is 1. The van der Waals surface area contributed by atoms with Gasteiger partial charge in [0.1, 0.15) is 12.7 Å². The Balaban J connectivity index is 2.01. The van der Waals surface area contributed by atoms with Crippen LogP contribution in [0.15, 0.2) is 72.0 Å². The van der Waals surface area contributed by atoms with E-state index in [9.17, 15) is 4.79 Å². The van der Waals surface area contributed by atoms with Crippen LogP contribution in [0.1, 0.15) is 5.56 Å². The first kappa shape index (κ1) is 14.7. The fraction of sp³-hybridized carbons (Fsp3) is 0.0556. The molecule has 5 nitrogen and oxygen atoms in total. The number of fused-ring (bicyclic) bond motifs is 1. The van der Waals surface area contributed by atoms with E-state index >= 15 is 0 Å². The number of pyridine rings is 1. The van der Waals surface area contributed by atoms with E-state index in [1.165, 1.54) is 6.33 Å². The Labute approximate surface area is 142 Å². The van der Waals surface area contributed by atoms with Gasteiger partial charge in [0.2, 0.25) is 0 Å². The van der Waals surface area contributed by atoms with Crippen LogP contribution in [0.4, 0.5) is 0 Å². The number of hydrogen-bond acceptors (Lipinski definition) is 3. The third kappa shape index (κ3) is 2.59. The van der Waals surface area contributed by atoms with Crippen LogP contribution in [0, 0.1) is 0 Å². The summed E-state index contributed by atoms with van der Waals surface area (Å²) in [6.07, 6.45) is 3.05. The highest BCUT2D eigenvalue weighted by atomic mass is 35.5. The second-order valence-corrected chi connectivity index (χ2v) is 5.88. The molecule has 0 aliphatic carbocycles. The molecule has 4 rings (SSSR count). The Hall–Kier alpha value is -2.92. The maximum Gasteiger partial charge on any atom is 0.260 e. The number of aromatic nitrogens is 4. The summed E-state index contributed by atoms with van der Waals surface area (Å²) in [6.45, 7) is 0.365. The van der Waals surface area contributed by atoms with Gasteiger partial charge in [0, 0.05) is 16.3 Å². The Morgan fingerprint density at radius 3 is 2.62 bits per heavy atom. The van der Waals surface area contributed by atoms with E-state index in [0.717, 1.165) is 16.6 Å². The summed E-state index contributed by atoms with van der Waals surface area (Å²) in [5.41, 5.74) is 2.13. The molecule has 0 saturated heterocycles. The van der Waals surface area contributed by atoms with Crippen molar-refractivity contribution in [3.8, 4) is 5.69 Å². The molecule has 2 heterocycles. The predicted octanol–water partition coefficient (Wildman–Crippen LogP) is 3.28. The van der Waals surface area contributed by atoms with E-state index in [1.54, 1.807) is 15.6 Å². The van der Waals surface area contributed by atoms with Crippen LogP contribution >= 0.6 is 11.6 Å². The van der Waals surface area contributed by atoms with Crippen molar-refractivity contribution < 1.29 is 0 Å². The Bertz CT molecular complexity index is 1060. The van der Waals surface area contributed by atoms with Gasteiger partial charge in [0.25, 0.3) is 5.56 Å². The Morgan fingerprint density at radius 1 is 1.04 bits per heavy atom. The molecule has 0 aliphatic rings. The number of halogens is 1.